The van der Waals surface area contributed by atoms with Gasteiger partial charge in [0.25, 0.3) is 0 Å². The molecule has 0 aliphatic heterocycles. The van der Waals surface area contributed by atoms with Crippen LogP contribution in [0.3, 0.4) is 0 Å². The third kappa shape index (κ3) is 3.90. The Morgan fingerprint density at radius 3 is 2.04 bits per heavy atom. The number of methoxy groups -OCH3 is 1. The Labute approximate surface area is 130 Å². The molecule has 23 heavy (non-hydrogen) atoms. The van der Waals surface area contributed by atoms with Crippen LogP contribution in [0.2, 0.25) is 0 Å². The van der Waals surface area contributed by atoms with Gasteiger partial charge in [0, 0.05) is 13.1 Å². The second kappa shape index (κ2) is 8.00. The highest BCUT2D eigenvalue weighted by molar-refractivity contribution is 5.98. The molecule has 2 N–H and O–H groups in total. The third-order valence-electron chi connectivity index (χ3n) is 2.98. The van der Waals surface area contributed by atoms with Crippen molar-refractivity contribution in [2.45, 2.75) is 0 Å². The van der Waals surface area contributed by atoms with Crippen molar-refractivity contribution in [1.29, 1.82) is 0 Å². The van der Waals surface area contributed by atoms with Gasteiger partial charge in [-0.1, -0.05) is 0 Å². The van der Waals surface area contributed by atoms with E-state index in [-0.39, 0.29) is 32.0 Å². The fourth-order valence-corrected chi connectivity index (χ4v) is 2.06. The van der Waals surface area contributed by atoms with Crippen LogP contribution < -0.4 is 4.90 Å². The number of hydrogen-bond donors (Lipinski definition) is 2. The summed E-state index contributed by atoms with van der Waals surface area (Å²) in [5, 5.41) is 40.6. The van der Waals surface area contributed by atoms with E-state index >= 15 is 0 Å². The van der Waals surface area contributed by atoms with E-state index in [1.165, 1.54) is 4.90 Å². The van der Waals surface area contributed by atoms with Crippen LogP contribution in [-0.2, 0) is 4.74 Å². The summed E-state index contributed by atoms with van der Waals surface area (Å²) in [6.07, 6.45) is 0. The summed E-state index contributed by atoms with van der Waals surface area (Å²) in [6, 6.07) is 2.18. The Balaban J connectivity index is 3.66. The average Bonchev–Trinajstić information content (AvgIpc) is 2.52. The number of carbonyl (C=O) groups excluding carboxylic acids is 1. The van der Waals surface area contributed by atoms with Gasteiger partial charge in [-0.15, -0.1) is 0 Å². The van der Waals surface area contributed by atoms with Crippen LogP contribution in [0.5, 0.6) is 0 Å². The molecule has 0 atom stereocenters. The molecule has 11 heteroatoms. The summed E-state index contributed by atoms with van der Waals surface area (Å²) in [6.45, 7) is -0.945. The lowest BCUT2D eigenvalue weighted by atomic mass is 10.1. The number of benzene rings is 1. The average molecular weight is 329 g/mol. The first-order chi connectivity index (χ1) is 10.9. The summed E-state index contributed by atoms with van der Waals surface area (Å²) in [5.74, 6) is -1.08. The molecule has 126 valence electrons. The van der Waals surface area contributed by atoms with Gasteiger partial charge in [-0.05, 0) is 12.1 Å². The molecule has 0 radical (unpaired) electrons. The van der Waals surface area contributed by atoms with Crippen molar-refractivity contribution in [1.82, 2.24) is 0 Å². The first kappa shape index (κ1) is 18.3. The minimum absolute atomic E-state index is 0.0872. The van der Waals surface area contributed by atoms with Crippen LogP contribution >= 0.6 is 0 Å². The van der Waals surface area contributed by atoms with Gasteiger partial charge in [0.1, 0.15) is 11.3 Å². The molecule has 1 aromatic carbocycles. The molecule has 0 aliphatic carbocycles. The minimum atomic E-state index is -1.08. The zero-order chi connectivity index (χ0) is 17.6. The van der Waals surface area contributed by atoms with Gasteiger partial charge in [-0.2, -0.15) is 0 Å². The van der Waals surface area contributed by atoms with Gasteiger partial charge in [0.2, 0.25) is 0 Å². The SMILES string of the molecule is COC(=O)c1ccc(N(CCO)CCO)c([N+](=O)[O-])c1[N+](=O)[O-]. The fraction of sp³-hybridized carbons (Fsp3) is 0.417. The normalized spacial score (nSPS) is 10.2. The maximum atomic E-state index is 11.6. The van der Waals surface area contributed by atoms with E-state index in [1.54, 1.807) is 0 Å². The smallest absolute Gasteiger partial charge is 0.369 e. The van der Waals surface area contributed by atoms with Crippen molar-refractivity contribution in [3.05, 3.63) is 37.9 Å². The maximum absolute atomic E-state index is 11.6. The third-order valence-corrected chi connectivity index (χ3v) is 2.98. The standard InChI is InChI=1S/C12H15N3O8/c1-23-12(18)8-2-3-9(13(4-6-16)5-7-17)11(15(21)22)10(8)14(19)20/h2-3,16-17H,4-7H2,1H3. The van der Waals surface area contributed by atoms with Crippen LogP contribution in [0, 0.1) is 20.2 Å². The van der Waals surface area contributed by atoms with Crippen molar-refractivity contribution in [3.8, 4) is 0 Å². The summed E-state index contributed by atoms with van der Waals surface area (Å²) < 4.78 is 4.40. The molecule has 0 aliphatic rings. The molecule has 11 nitrogen and oxygen atoms in total. The van der Waals surface area contributed by atoms with Gasteiger partial charge < -0.3 is 19.8 Å². The largest absolute Gasteiger partial charge is 0.465 e. The van der Waals surface area contributed by atoms with Crippen molar-refractivity contribution >= 4 is 23.0 Å². The molecule has 1 aromatic rings. The summed E-state index contributed by atoms with van der Waals surface area (Å²) >= 11 is 0. The first-order valence-electron chi connectivity index (χ1n) is 6.39. The number of nitrogens with zero attached hydrogens (tertiary/aromatic N) is 3. The Kier molecular flexibility index (Phi) is 6.35. The van der Waals surface area contributed by atoms with Gasteiger partial charge in [-0.25, -0.2) is 4.79 Å². The number of aliphatic hydroxyl groups excluding tert-OH is 2. The van der Waals surface area contributed by atoms with Crippen LogP contribution in [0.25, 0.3) is 0 Å². The lowest BCUT2D eigenvalue weighted by molar-refractivity contribution is -0.422. The zero-order valence-corrected chi connectivity index (χ0v) is 12.2. The molecule has 0 saturated carbocycles. The first-order valence-corrected chi connectivity index (χ1v) is 6.39. The van der Waals surface area contributed by atoms with Gasteiger partial charge in [-0.3, -0.25) is 20.2 Å². The van der Waals surface area contributed by atoms with Crippen LogP contribution in [0.15, 0.2) is 12.1 Å². The Bertz CT molecular complexity index is 613. The van der Waals surface area contributed by atoms with Crippen LogP contribution in [0.1, 0.15) is 10.4 Å². The molecule has 1 rings (SSSR count). The van der Waals surface area contributed by atoms with Crippen molar-refractivity contribution in [3.63, 3.8) is 0 Å². The zero-order valence-electron chi connectivity index (χ0n) is 12.2. The van der Waals surface area contributed by atoms with Gasteiger partial charge in [0.05, 0.1) is 30.2 Å². The number of esters is 1. The number of carbonyl (C=O) groups is 1. The highest BCUT2D eigenvalue weighted by Crippen LogP contribution is 2.39. The molecule has 0 amide bonds. The number of rotatable bonds is 8. The number of ether oxygens (including phenoxy) is 1. The van der Waals surface area contributed by atoms with E-state index in [1.807, 2.05) is 0 Å². The molecule has 0 aromatic heterocycles. The van der Waals surface area contributed by atoms with E-state index in [2.05, 4.69) is 4.74 Å². The second-order valence-electron chi connectivity index (χ2n) is 4.27. The Morgan fingerprint density at radius 1 is 1.13 bits per heavy atom. The number of nitro benzene ring substituents is 2. The number of nitro groups is 2. The fourth-order valence-electron chi connectivity index (χ4n) is 2.06. The summed E-state index contributed by atoms with van der Waals surface area (Å²) in [7, 11) is 0.996. The van der Waals surface area contributed by atoms with Gasteiger partial charge in [0.15, 0.2) is 0 Å². The molecule has 0 bridgehead atoms. The number of aliphatic hydroxyl groups is 2. The van der Waals surface area contributed by atoms with Gasteiger partial charge >= 0.3 is 17.3 Å². The van der Waals surface area contributed by atoms with Crippen molar-refractivity contribution in [2.75, 3.05) is 38.3 Å². The summed E-state index contributed by atoms with van der Waals surface area (Å²) in [4.78, 5) is 33.4. The predicted molar refractivity (Wildman–Crippen MR) is 77.5 cm³/mol. The number of anilines is 1. The molecule has 0 saturated heterocycles. The van der Waals surface area contributed by atoms with Crippen molar-refractivity contribution in [2.24, 2.45) is 0 Å². The highest BCUT2D eigenvalue weighted by atomic mass is 16.6. The Hall–Kier alpha value is -2.79. The monoisotopic (exact) mass is 329 g/mol. The van der Waals surface area contributed by atoms with Crippen molar-refractivity contribution < 1.29 is 29.6 Å². The highest BCUT2D eigenvalue weighted by Gasteiger charge is 2.37. The van der Waals surface area contributed by atoms with E-state index in [0.29, 0.717) is 0 Å². The topological polar surface area (TPSA) is 156 Å². The molecule has 0 unspecified atom stereocenters. The number of hydrogen-bond acceptors (Lipinski definition) is 9. The molecular weight excluding hydrogens is 314 g/mol. The van der Waals surface area contributed by atoms with E-state index in [0.717, 1.165) is 19.2 Å². The Morgan fingerprint density at radius 2 is 1.65 bits per heavy atom. The second-order valence-corrected chi connectivity index (χ2v) is 4.27. The predicted octanol–water partition coefficient (Wildman–Crippen LogP) is 0.0806. The molecule has 0 spiro atoms. The minimum Gasteiger partial charge on any atom is -0.465 e. The lowest BCUT2D eigenvalue weighted by Crippen LogP contribution is -2.30. The van der Waals surface area contributed by atoms with E-state index in [4.69, 9.17) is 10.2 Å². The molecular formula is C12H15N3O8. The van der Waals surface area contributed by atoms with Crippen LogP contribution in [0.4, 0.5) is 17.1 Å². The van der Waals surface area contributed by atoms with Crippen LogP contribution in [-0.4, -0.2) is 59.4 Å². The molecule has 0 heterocycles. The quantitative estimate of drug-likeness (QED) is 0.383. The summed E-state index contributed by atoms with van der Waals surface area (Å²) in [5.41, 5.74) is -2.64. The molecule has 0 fully saturated rings. The van der Waals surface area contributed by atoms with E-state index in [9.17, 15) is 25.0 Å². The maximum Gasteiger partial charge on any atom is 0.369 e. The van der Waals surface area contributed by atoms with E-state index < -0.39 is 32.8 Å². The lowest BCUT2D eigenvalue weighted by Gasteiger charge is -2.22.